The average Bonchev–Trinajstić information content (AvgIpc) is 2.83. The first-order chi connectivity index (χ1) is 8.94. The highest BCUT2D eigenvalue weighted by atomic mass is 16.3. The van der Waals surface area contributed by atoms with Gasteiger partial charge in [0.05, 0.1) is 0 Å². The van der Waals surface area contributed by atoms with Crippen LogP contribution < -0.4 is 5.32 Å². The molecule has 0 aliphatic carbocycles. The molecule has 1 unspecified atom stereocenters. The Morgan fingerprint density at radius 2 is 2.11 bits per heavy atom. The third-order valence-corrected chi connectivity index (χ3v) is 3.99. The van der Waals surface area contributed by atoms with Gasteiger partial charge >= 0.3 is 6.03 Å². The molecule has 0 spiro atoms. The lowest BCUT2D eigenvalue weighted by atomic mass is 10.1. The molecule has 2 rings (SSSR count). The summed E-state index contributed by atoms with van der Waals surface area (Å²) in [5.74, 6) is 0.396. The summed E-state index contributed by atoms with van der Waals surface area (Å²) >= 11 is 0. The van der Waals surface area contributed by atoms with E-state index in [0.717, 1.165) is 32.5 Å². The lowest BCUT2D eigenvalue weighted by Gasteiger charge is -2.20. The predicted octanol–water partition coefficient (Wildman–Crippen LogP) is 0.0211. The maximum absolute atomic E-state index is 12.0. The van der Waals surface area contributed by atoms with E-state index >= 15 is 0 Å². The fourth-order valence-corrected chi connectivity index (χ4v) is 2.80. The van der Waals surface area contributed by atoms with Crippen molar-refractivity contribution in [2.45, 2.75) is 32.2 Å². The molecule has 19 heavy (non-hydrogen) atoms. The maximum Gasteiger partial charge on any atom is 0.325 e. The highest BCUT2D eigenvalue weighted by molar-refractivity contribution is 6.06. The molecule has 3 amide bonds. The third-order valence-electron chi connectivity index (χ3n) is 3.99. The minimum absolute atomic E-state index is 0.149. The molecule has 6 heteroatoms. The van der Waals surface area contributed by atoms with Crippen LogP contribution in [-0.2, 0) is 4.79 Å². The molecule has 0 aromatic heterocycles. The number of carbonyl (C=O) groups excluding carboxylic acids is 2. The van der Waals surface area contributed by atoms with E-state index in [0.29, 0.717) is 12.5 Å². The summed E-state index contributed by atoms with van der Waals surface area (Å²) in [6.07, 6.45) is 1.93. The van der Waals surface area contributed by atoms with Crippen LogP contribution in [0.1, 0.15) is 26.7 Å². The summed E-state index contributed by atoms with van der Waals surface area (Å²) in [5.41, 5.74) is -0.776. The molecule has 0 bridgehead atoms. The first kappa shape index (κ1) is 14.3. The van der Waals surface area contributed by atoms with E-state index in [1.54, 1.807) is 13.8 Å². The van der Waals surface area contributed by atoms with Gasteiger partial charge in [-0.1, -0.05) is 0 Å². The number of rotatable bonds is 5. The molecule has 1 atom stereocenters. The van der Waals surface area contributed by atoms with Crippen LogP contribution in [0.5, 0.6) is 0 Å². The molecule has 2 fully saturated rings. The van der Waals surface area contributed by atoms with Gasteiger partial charge in [-0.25, -0.2) is 4.79 Å². The molecule has 0 saturated carbocycles. The van der Waals surface area contributed by atoms with E-state index in [1.165, 1.54) is 4.90 Å². The van der Waals surface area contributed by atoms with E-state index in [2.05, 4.69) is 10.2 Å². The van der Waals surface area contributed by atoms with Gasteiger partial charge < -0.3 is 15.3 Å². The van der Waals surface area contributed by atoms with Crippen LogP contribution in [-0.4, -0.2) is 65.2 Å². The zero-order valence-corrected chi connectivity index (χ0v) is 11.7. The van der Waals surface area contributed by atoms with E-state index < -0.39 is 5.54 Å². The number of likely N-dealkylation sites (tertiary alicyclic amines) is 1. The normalized spacial score (nSPS) is 27.1. The van der Waals surface area contributed by atoms with Gasteiger partial charge in [-0.05, 0) is 39.2 Å². The zero-order chi connectivity index (χ0) is 14.0. The molecule has 2 saturated heterocycles. The molecule has 2 heterocycles. The number of imide groups is 1. The zero-order valence-electron chi connectivity index (χ0n) is 11.7. The second-order valence-corrected chi connectivity index (χ2v) is 5.98. The summed E-state index contributed by atoms with van der Waals surface area (Å²) in [5, 5.41) is 11.6. The number of nitrogens with one attached hydrogen (secondary N) is 1. The highest BCUT2D eigenvalue weighted by Gasteiger charge is 2.44. The fourth-order valence-electron chi connectivity index (χ4n) is 2.80. The molecule has 6 nitrogen and oxygen atoms in total. The standard InChI is InChI=1S/C13H23N3O3/c1-13(2)11(18)16(12(19)14-13)7-6-15-5-3-10(9-15)4-8-17/h10,17H,3-9H2,1-2H3,(H,14,19). The van der Waals surface area contributed by atoms with Crippen LogP contribution in [0.2, 0.25) is 0 Å². The molecule has 0 aromatic rings. The summed E-state index contributed by atoms with van der Waals surface area (Å²) in [4.78, 5) is 27.3. The minimum Gasteiger partial charge on any atom is -0.396 e. The van der Waals surface area contributed by atoms with Crippen LogP contribution >= 0.6 is 0 Å². The summed E-state index contributed by atoms with van der Waals surface area (Å²) in [6.45, 7) is 6.78. The Hall–Kier alpha value is -1.14. The molecular weight excluding hydrogens is 246 g/mol. The largest absolute Gasteiger partial charge is 0.396 e. The number of urea groups is 1. The number of nitrogens with zero attached hydrogens (tertiary/aromatic N) is 2. The van der Waals surface area contributed by atoms with E-state index in [1.807, 2.05) is 0 Å². The van der Waals surface area contributed by atoms with Gasteiger partial charge in [0, 0.05) is 26.2 Å². The second kappa shape index (κ2) is 5.46. The van der Waals surface area contributed by atoms with E-state index in [4.69, 9.17) is 5.11 Å². The SMILES string of the molecule is CC1(C)NC(=O)N(CCN2CCC(CCO)C2)C1=O. The van der Waals surface area contributed by atoms with Crippen molar-refractivity contribution in [2.24, 2.45) is 5.92 Å². The van der Waals surface area contributed by atoms with Crippen molar-refractivity contribution in [1.82, 2.24) is 15.1 Å². The smallest absolute Gasteiger partial charge is 0.325 e. The lowest BCUT2D eigenvalue weighted by Crippen LogP contribution is -2.41. The molecule has 0 aromatic carbocycles. The van der Waals surface area contributed by atoms with Gasteiger partial charge in [0.1, 0.15) is 5.54 Å². The topological polar surface area (TPSA) is 72.9 Å². The van der Waals surface area contributed by atoms with Crippen LogP contribution in [0.25, 0.3) is 0 Å². The molecular formula is C13H23N3O3. The second-order valence-electron chi connectivity index (χ2n) is 5.98. The molecule has 2 aliphatic rings. The van der Waals surface area contributed by atoms with Gasteiger partial charge in [0.25, 0.3) is 5.91 Å². The Morgan fingerprint density at radius 3 is 2.68 bits per heavy atom. The van der Waals surface area contributed by atoms with Crippen molar-refractivity contribution in [3.63, 3.8) is 0 Å². The molecule has 2 aliphatic heterocycles. The molecule has 108 valence electrons. The van der Waals surface area contributed by atoms with Gasteiger partial charge in [-0.2, -0.15) is 0 Å². The number of aliphatic hydroxyl groups is 1. The van der Waals surface area contributed by atoms with Gasteiger partial charge in [0.15, 0.2) is 0 Å². The van der Waals surface area contributed by atoms with Crippen molar-refractivity contribution in [2.75, 3.05) is 32.8 Å². The van der Waals surface area contributed by atoms with Crippen molar-refractivity contribution < 1.29 is 14.7 Å². The number of hydrogen-bond acceptors (Lipinski definition) is 4. The van der Waals surface area contributed by atoms with Crippen LogP contribution in [0.15, 0.2) is 0 Å². The fraction of sp³-hybridized carbons (Fsp3) is 0.846. The Balaban J connectivity index is 1.80. The first-order valence-electron chi connectivity index (χ1n) is 6.91. The average molecular weight is 269 g/mol. The van der Waals surface area contributed by atoms with Crippen LogP contribution in [0.4, 0.5) is 4.79 Å². The highest BCUT2D eigenvalue weighted by Crippen LogP contribution is 2.20. The van der Waals surface area contributed by atoms with Crippen molar-refractivity contribution in [3.05, 3.63) is 0 Å². The van der Waals surface area contributed by atoms with E-state index in [-0.39, 0.29) is 18.5 Å². The number of amides is 3. The Morgan fingerprint density at radius 1 is 1.37 bits per heavy atom. The maximum atomic E-state index is 12.0. The monoisotopic (exact) mass is 269 g/mol. The van der Waals surface area contributed by atoms with Crippen LogP contribution in [0.3, 0.4) is 0 Å². The van der Waals surface area contributed by atoms with E-state index in [9.17, 15) is 9.59 Å². The molecule has 2 N–H and O–H groups in total. The summed E-state index contributed by atoms with van der Waals surface area (Å²) in [7, 11) is 0. The van der Waals surface area contributed by atoms with Crippen molar-refractivity contribution in [3.8, 4) is 0 Å². The van der Waals surface area contributed by atoms with Gasteiger partial charge in [-0.15, -0.1) is 0 Å². The van der Waals surface area contributed by atoms with Gasteiger partial charge in [0.2, 0.25) is 0 Å². The number of hydrogen-bond donors (Lipinski definition) is 2. The Bertz CT molecular complexity index is 370. The lowest BCUT2D eigenvalue weighted by molar-refractivity contribution is -0.130. The van der Waals surface area contributed by atoms with Crippen molar-refractivity contribution in [1.29, 1.82) is 0 Å². The third kappa shape index (κ3) is 3.06. The molecule has 0 radical (unpaired) electrons. The Labute approximate surface area is 113 Å². The first-order valence-corrected chi connectivity index (χ1v) is 6.91. The van der Waals surface area contributed by atoms with Gasteiger partial charge in [-0.3, -0.25) is 9.69 Å². The summed E-state index contributed by atoms with van der Waals surface area (Å²) < 4.78 is 0. The van der Waals surface area contributed by atoms with Crippen molar-refractivity contribution >= 4 is 11.9 Å². The Kier molecular flexibility index (Phi) is 4.10. The summed E-state index contributed by atoms with van der Waals surface area (Å²) in [6, 6.07) is -0.291. The number of aliphatic hydroxyl groups excluding tert-OH is 1. The minimum atomic E-state index is -0.776. The quantitative estimate of drug-likeness (QED) is 0.690. The van der Waals surface area contributed by atoms with Crippen LogP contribution in [0, 0.1) is 5.92 Å². The number of carbonyl (C=O) groups is 2. The predicted molar refractivity (Wildman–Crippen MR) is 70.6 cm³/mol.